The summed E-state index contributed by atoms with van der Waals surface area (Å²) < 4.78 is 4.70. The van der Waals surface area contributed by atoms with Crippen molar-refractivity contribution in [3.63, 3.8) is 0 Å². The average molecular weight is 176 g/mol. The second-order valence-corrected chi connectivity index (χ2v) is 3.28. The molecule has 64 valence electrons. The minimum atomic E-state index is -0.348. The fraction of sp³-hybridized carbons (Fsp3) is 0.833. The van der Waals surface area contributed by atoms with Crippen molar-refractivity contribution in [3.05, 3.63) is 0 Å². The molecule has 0 aromatic rings. The normalized spacial score (nSPS) is 23.2. The Hall–Kier alpha value is -0.420. The first-order valence-electron chi connectivity index (χ1n) is 3.61. The largest absolute Gasteiger partial charge is 0.450 e. The first-order valence-corrected chi connectivity index (χ1v) is 4.66. The monoisotopic (exact) mass is 176 g/mol. The van der Waals surface area contributed by atoms with E-state index in [-0.39, 0.29) is 11.6 Å². The second-order valence-electron chi connectivity index (χ2n) is 2.07. The Balaban J connectivity index is 2.13. The molecule has 1 atom stereocenters. The minimum absolute atomic E-state index is 0.0362. The number of rotatable bonds is 2. The Morgan fingerprint density at radius 3 is 3.27 bits per heavy atom. The van der Waals surface area contributed by atoms with Crippen molar-refractivity contribution in [3.8, 4) is 0 Å². The van der Waals surface area contributed by atoms with Gasteiger partial charge < -0.3 is 4.74 Å². The van der Waals surface area contributed by atoms with Crippen LogP contribution in [0.15, 0.2) is 0 Å². The van der Waals surface area contributed by atoms with Gasteiger partial charge in [0.15, 0.2) is 0 Å². The number of carbonyl (C=O) groups excluding carboxylic acids is 1. The van der Waals surface area contributed by atoms with Crippen LogP contribution in [0.5, 0.6) is 0 Å². The third-order valence-corrected chi connectivity index (χ3v) is 2.30. The summed E-state index contributed by atoms with van der Waals surface area (Å²) >= 11 is 1.67. The number of hydrogen-bond acceptors (Lipinski definition) is 4. The van der Waals surface area contributed by atoms with Gasteiger partial charge >= 0.3 is 6.09 Å². The molecular formula is C6H12N2O2S. The lowest BCUT2D eigenvalue weighted by Gasteiger charge is -2.10. The van der Waals surface area contributed by atoms with Crippen molar-refractivity contribution in [2.24, 2.45) is 0 Å². The SMILES string of the molecule is CCOC(=O)NC1NCCS1. The zero-order valence-electron chi connectivity index (χ0n) is 6.42. The van der Waals surface area contributed by atoms with E-state index in [9.17, 15) is 4.79 Å². The average Bonchev–Trinajstić information content (AvgIpc) is 2.40. The first-order chi connectivity index (χ1) is 5.33. The van der Waals surface area contributed by atoms with Gasteiger partial charge in [-0.3, -0.25) is 10.6 Å². The highest BCUT2D eigenvalue weighted by atomic mass is 32.2. The fourth-order valence-corrected chi connectivity index (χ4v) is 1.68. The van der Waals surface area contributed by atoms with Crippen LogP contribution in [-0.2, 0) is 4.74 Å². The van der Waals surface area contributed by atoms with Gasteiger partial charge in [0.1, 0.15) is 5.50 Å². The summed E-state index contributed by atoms with van der Waals surface area (Å²) in [5.41, 5.74) is 0.0362. The summed E-state index contributed by atoms with van der Waals surface area (Å²) in [6.45, 7) is 3.15. The van der Waals surface area contributed by atoms with Gasteiger partial charge in [-0.1, -0.05) is 0 Å². The number of hydrogen-bond donors (Lipinski definition) is 2. The molecule has 0 aromatic heterocycles. The van der Waals surface area contributed by atoms with E-state index >= 15 is 0 Å². The Bertz CT molecular complexity index is 137. The number of amides is 1. The van der Waals surface area contributed by atoms with Crippen molar-refractivity contribution in [1.29, 1.82) is 0 Å². The molecule has 2 N–H and O–H groups in total. The Kier molecular flexibility index (Phi) is 3.51. The summed E-state index contributed by atoms with van der Waals surface area (Å²) in [4.78, 5) is 10.8. The second kappa shape index (κ2) is 4.46. The van der Waals surface area contributed by atoms with E-state index in [4.69, 9.17) is 4.74 Å². The molecule has 11 heavy (non-hydrogen) atoms. The number of carbonyl (C=O) groups is 1. The zero-order chi connectivity index (χ0) is 8.10. The third kappa shape index (κ3) is 2.98. The van der Waals surface area contributed by atoms with Crippen LogP contribution >= 0.6 is 11.8 Å². The summed E-state index contributed by atoms with van der Waals surface area (Å²) in [7, 11) is 0. The van der Waals surface area contributed by atoms with Crippen LogP contribution in [0.3, 0.4) is 0 Å². The summed E-state index contributed by atoms with van der Waals surface area (Å²) in [5, 5.41) is 5.77. The highest BCUT2D eigenvalue weighted by Crippen LogP contribution is 2.10. The van der Waals surface area contributed by atoms with E-state index in [0.717, 1.165) is 12.3 Å². The van der Waals surface area contributed by atoms with Crippen LogP contribution in [0, 0.1) is 0 Å². The maximum atomic E-state index is 10.8. The third-order valence-electron chi connectivity index (χ3n) is 1.24. The van der Waals surface area contributed by atoms with Crippen LogP contribution < -0.4 is 10.6 Å². The molecular weight excluding hydrogens is 164 g/mol. The molecule has 1 amide bonds. The van der Waals surface area contributed by atoms with E-state index in [2.05, 4.69) is 10.6 Å². The zero-order valence-corrected chi connectivity index (χ0v) is 7.24. The molecule has 1 saturated heterocycles. The Morgan fingerprint density at radius 2 is 2.73 bits per heavy atom. The molecule has 0 aliphatic carbocycles. The predicted molar refractivity (Wildman–Crippen MR) is 44.4 cm³/mol. The molecule has 1 aliphatic heterocycles. The molecule has 0 spiro atoms. The fourth-order valence-electron chi connectivity index (χ4n) is 0.798. The van der Waals surface area contributed by atoms with Gasteiger partial charge in [0.2, 0.25) is 0 Å². The van der Waals surface area contributed by atoms with Gasteiger partial charge in [0.25, 0.3) is 0 Å². The smallest absolute Gasteiger partial charge is 0.409 e. The Morgan fingerprint density at radius 1 is 1.91 bits per heavy atom. The standard InChI is InChI=1S/C6H12N2O2S/c1-2-10-6(9)8-5-7-3-4-11-5/h5,7H,2-4H2,1H3,(H,8,9). The van der Waals surface area contributed by atoms with Gasteiger partial charge in [0, 0.05) is 12.3 Å². The molecule has 0 radical (unpaired) electrons. The molecule has 1 fully saturated rings. The summed E-state index contributed by atoms with van der Waals surface area (Å²) in [5.74, 6) is 1.04. The van der Waals surface area contributed by atoms with E-state index in [0.29, 0.717) is 6.61 Å². The first kappa shape index (κ1) is 8.67. The van der Waals surface area contributed by atoms with Gasteiger partial charge in [-0.2, -0.15) is 0 Å². The van der Waals surface area contributed by atoms with E-state index in [1.54, 1.807) is 18.7 Å². The lowest BCUT2D eigenvalue weighted by molar-refractivity contribution is 0.150. The van der Waals surface area contributed by atoms with Crippen LogP contribution in [0.1, 0.15) is 6.92 Å². The molecule has 1 heterocycles. The summed E-state index contributed by atoms with van der Waals surface area (Å²) in [6.07, 6.45) is -0.348. The lowest BCUT2D eigenvalue weighted by atomic mass is 10.7. The van der Waals surface area contributed by atoms with Crippen molar-refractivity contribution < 1.29 is 9.53 Å². The van der Waals surface area contributed by atoms with E-state index in [1.165, 1.54) is 0 Å². The number of nitrogens with one attached hydrogen (secondary N) is 2. The van der Waals surface area contributed by atoms with Crippen LogP contribution in [0.25, 0.3) is 0 Å². The van der Waals surface area contributed by atoms with E-state index < -0.39 is 0 Å². The van der Waals surface area contributed by atoms with Crippen LogP contribution in [-0.4, -0.2) is 30.5 Å². The molecule has 1 unspecified atom stereocenters. The summed E-state index contributed by atoms with van der Waals surface area (Å²) in [6, 6.07) is 0. The molecule has 0 aromatic carbocycles. The van der Waals surface area contributed by atoms with Crippen molar-refractivity contribution in [1.82, 2.24) is 10.6 Å². The molecule has 0 bridgehead atoms. The van der Waals surface area contributed by atoms with Gasteiger partial charge in [-0.25, -0.2) is 4.79 Å². The molecule has 0 saturated carbocycles. The number of ether oxygens (including phenoxy) is 1. The van der Waals surface area contributed by atoms with Gasteiger partial charge in [-0.05, 0) is 6.92 Å². The minimum Gasteiger partial charge on any atom is -0.450 e. The number of alkyl carbamates (subject to hydrolysis) is 1. The topological polar surface area (TPSA) is 50.4 Å². The Labute approximate surface area is 70.1 Å². The maximum absolute atomic E-state index is 10.8. The van der Waals surface area contributed by atoms with Crippen molar-refractivity contribution in [2.45, 2.75) is 12.4 Å². The molecule has 1 rings (SSSR count). The predicted octanol–water partition coefficient (Wildman–Crippen LogP) is 0.353. The molecule has 1 aliphatic rings. The highest BCUT2D eigenvalue weighted by molar-refractivity contribution is 8.00. The van der Waals surface area contributed by atoms with Crippen molar-refractivity contribution >= 4 is 17.9 Å². The van der Waals surface area contributed by atoms with Gasteiger partial charge in [0.05, 0.1) is 6.61 Å². The highest BCUT2D eigenvalue weighted by Gasteiger charge is 2.16. The lowest BCUT2D eigenvalue weighted by Crippen LogP contribution is -2.39. The molecule has 5 heteroatoms. The quantitative estimate of drug-likeness (QED) is 0.637. The van der Waals surface area contributed by atoms with E-state index in [1.807, 2.05) is 0 Å². The molecule has 4 nitrogen and oxygen atoms in total. The maximum Gasteiger partial charge on any atom is 0.409 e. The van der Waals surface area contributed by atoms with Gasteiger partial charge in [-0.15, -0.1) is 11.8 Å². The van der Waals surface area contributed by atoms with Crippen LogP contribution in [0.4, 0.5) is 4.79 Å². The number of thioether (sulfide) groups is 1. The van der Waals surface area contributed by atoms with Crippen LogP contribution in [0.2, 0.25) is 0 Å². The van der Waals surface area contributed by atoms with Crippen molar-refractivity contribution in [2.75, 3.05) is 18.9 Å².